The van der Waals surface area contributed by atoms with E-state index in [1.807, 2.05) is 60.7 Å². The van der Waals surface area contributed by atoms with Crippen molar-refractivity contribution in [1.29, 1.82) is 0 Å². The number of nitrogens with zero attached hydrogens (tertiary/aromatic N) is 1. The molecule has 0 spiro atoms. The summed E-state index contributed by atoms with van der Waals surface area (Å²) in [5, 5.41) is 3.20. The van der Waals surface area contributed by atoms with E-state index in [0.29, 0.717) is 17.0 Å². The number of hydrogen-bond donors (Lipinski definition) is 2. The van der Waals surface area contributed by atoms with Gasteiger partial charge in [-0.1, -0.05) is 79.9 Å². The molecule has 1 fully saturated rings. The number of hydrogen-bond acceptors (Lipinski definition) is 3. The molecule has 1 aliphatic rings. The maximum Gasteiger partial charge on any atom is 0.271 e. The minimum atomic E-state index is -0.983. The molecule has 1 atom stereocenters. The first-order chi connectivity index (χ1) is 19.5. The summed E-state index contributed by atoms with van der Waals surface area (Å²) in [7, 11) is 1.58. The van der Waals surface area contributed by atoms with E-state index in [9.17, 15) is 14.0 Å². The quantitative estimate of drug-likeness (QED) is 0.250. The second-order valence-corrected chi connectivity index (χ2v) is 10.2. The molecule has 0 radical (unpaired) electrons. The molecule has 3 aromatic carbocycles. The summed E-state index contributed by atoms with van der Waals surface area (Å²) in [6.07, 6.45) is 5.07. The Hall–Kier alpha value is -4.39. The fourth-order valence-electron chi connectivity index (χ4n) is 5.40. The highest BCUT2D eigenvalue weighted by molar-refractivity contribution is 5.97. The molecule has 0 aliphatic heterocycles. The zero-order valence-corrected chi connectivity index (χ0v) is 22.6. The molecule has 1 heterocycles. The molecule has 5 rings (SSSR count). The Morgan fingerprint density at radius 1 is 0.925 bits per heavy atom. The number of methoxy groups -OCH3 is 1. The van der Waals surface area contributed by atoms with Crippen LogP contribution in [-0.4, -0.2) is 34.8 Å². The molecule has 1 unspecified atom stereocenters. The van der Waals surface area contributed by atoms with Crippen LogP contribution in [0.3, 0.4) is 0 Å². The Balaban J connectivity index is 1.56. The molecule has 0 bridgehead atoms. The molecule has 4 aromatic rings. The van der Waals surface area contributed by atoms with Gasteiger partial charge in [0.15, 0.2) is 0 Å². The van der Waals surface area contributed by atoms with Crippen LogP contribution in [0.25, 0.3) is 11.3 Å². The lowest BCUT2D eigenvalue weighted by molar-refractivity contribution is -0.127. The lowest BCUT2D eigenvalue weighted by Crippen LogP contribution is -2.47. The van der Waals surface area contributed by atoms with Crippen molar-refractivity contribution in [2.24, 2.45) is 0 Å². The summed E-state index contributed by atoms with van der Waals surface area (Å²) in [4.78, 5) is 33.1. The summed E-state index contributed by atoms with van der Waals surface area (Å²) in [5.41, 5.74) is 3.39. The number of carbonyl (C=O) groups excluding carboxylic acids is 2. The number of halogens is 1. The summed E-state index contributed by atoms with van der Waals surface area (Å²) < 4.78 is 19.5. The molecule has 1 aromatic heterocycles. The highest BCUT2D eigenvalue weighted by atomic mass is 19.1. The van der Waals surface area contributed by atoms with Gasteiger partial charge in [-0.2, -0.15) is 0 Å². The maximum absolute atomic E-state index is 14.3. The molecule has 1 saturated carbocycles. The van der Waals surface area contributed by atoms with Crippen molar-refractivity contribution in [2.75, 3.05) is 7.11 Å². The number of carbonyl (C=O) groups is 2. The smallest absolute Gasteiger partial charge is 0.271 e. The van der Waals surface area contributed by atoms with Crippen LogP contribution in [0.15, 0.2) is 91.0 Å². The van der Waals surface area contributed by atoms with Crippen molar-refractivity contribution < 1.29 is 18.7 Å². The van der Waals surface area contributed by atoms with Crippen molar-refractivity contribution in [3.63, 3.8) is 0 Å². The van der Waals surface area contributed by atoms with E-state index in [0.717, 1.165) is 48.9 Å². The van der Waals surface area contributed by atoms with Crippen molar-refractivity contribution in [3.8, 4) is 17.0 Å². The molecular weight excluding hydrogens is 505 g/mol. The van der Waals surface area contributed by atoms with Crippen LogP contribution < -0.4 is 10.1 Å². The van der Waals surface area contributed by atoms with Gasteiger partial charge in [-0.25, -0.2) is 4.39 Å². The number of aromatic amines is 1. The molecule has 206 valence electrons. The Bertz CT molecular complexity index is 1430. The Morgan fingerprint density at radius 2 is 1.62 bits per heavy atom. The van der Waals surface area contributed by atoms with Crippen molar-refractivity contribution in [2.45, 2.75) is 50.7 Å². The number of aromatic nitrogens is 1. The number of benzene rings is 3. The number of H-pyrrole nitrogens is 1. The third-order valence-electron chi connectivity index (χ3n) is 7.49. The summed E-state index contributed by atoms with van der Waals surface area (Å²) >= 11 is 0. The average Bonchev–Trinajstić information content (AvgIpc) is 3.49. The standard InChI is InChI=1S/C33H34FN3O3/c1-40-30-15-9-8-12-25(30)22-37(33(39)29-21-20-28(36-29)23-10-4-2-5-11-23)31(24-16-18-26(34)19-17-24)32(38)35-27-13-6-3-7-14-27/h2,4-5,8-12,15-21,27,31,36H,3,6-7,13-14,22H2,1H3,(H,35,38). The van der Waals surface area contributed by atoms with E-state index in [-0.39, 0.29) is 24.4 Å². The van der Waals surface area contributed by atoms with E-state index >= 15 is 0 Å². The van der Waals surface area contributed by atoms with Crippen molar-refractivity contribution >= 4 is 11.8 Å². The first-order valence-corrected chi connectivity index (χ1v) is 13.8. The van der Waals surface area contributed by atoms with Gasteiger partial charge in [0.2, 0.25) is 5.91 Å². The number of ether oxygens (including phenoxy) is 1. The minimum absolute atomic E-state index is 0.0441. The van der Waals surface area contributed by atoms with Crippen LogP contribution in [0.4, 0.5) is 4.39 Å². The molecule has 7 heteroatoms. The predicted octanol–water partition coefficient (Wildman–Crippen LogP) is 6.66. The predicted molar refractivity (Wildman–Crippen MR) is 153 cm³/mol. The number of para-hydroxylation sites is 1. The third kappa shape index (κ3) is 6.25. The van der Waals surface area contributed by atoms with Gasteiger partial charge in [-0.15, -0.1) is 0 Å². The van der Waals surface area contributed by atoms with E-state index in [1.54, 1.807) is 30.2 Å². The topological polar surface area (TPSA) is 74.4 Å². The molecule has 1 aliphatic carbocycles. The lowest BCUT2D eigenvalue weighted by Gasteiger charge is -2.33. The highest BCUT2D eigenvalue weighted by Crippen LogP contribution is 2.30. The number of amides is 2. The van der Waals surface area contributed by atoms with Crippen molar-refractivity contribution in [1.82, 2.24) is 15.2 Å². The van der Waals surface area contributed by atoms with Crippen molar-refractivity contribution in [3.05, 3.63) is 114 Å². The average molecular weight is 540 g/mol. The highest BCUT2D eigenvalue weighted by Gasteiger charge is 2.34. The van der Waals surface area contributed by atoms with Crippen LogP contribution >= 0.6 is 0 Å². The monoisotopic (exact) mass is 539 g/mol. The third-order valence-corrected chi connectivity index (χ3v) is 7.49. The molecule has 40 heavy (non-hydrogen) atoms. The van der Waals surface area contributed by atoms with Gasteiger partial charge in [-0.05, 0) is 54.3 Å². The molecule has 6 nitrogen and oxygen atoms in total. The first kappa shape index (κ1) is 27.2. The zero-order chi connectivity index (χ0) is 27.9. The van der Waals surface area contributed by atoms with Crippen LogP contribution in [0.1, 0.15) is 59.8 Å². The Kier molecular flexibility index (Phi) is 8.59. The second kappa shape index (κ2) is 12.6. The molecular formula is C33H34FN3O3. The molecule has 0 saturated heterocycles. The summed E-state index contributed by atoms with van der Waals surface area (Å²) in [6.45, 7) is 0.114. The van der Waals surface area contributed by atoms with Crippen LogP contribution in [0.5, 0.6) is 5.75 Å². The van der Waals surface area contributed by atoms with E-state index in [4.69, 9.17) is 4.74 Å². The molecule has 2 N–H and O–H groups in total. The van der Waals surface area contributed by atoms with Crippen LogP contribution in [0.2, 0.25) is 0 Å². The fraction of sp³-hybridized carbons (Fsp3) is 0.273. The van der Waals surface area contributed by atoms with Crippen LogP contribution in [-0.2, 0) is 11.3 Å². The second-order valence-electron chi connectivity index (χ2n) is 10.2. The summed E-state index contributed by atoms with van der Waals surface area (Å²) in [5.74, 6) is -0.422. The van der Waals surface area contributed by atoms with Gasteiger partial charge in [0.1, 0.15) is 23.3 Å². The van der Waals surface area contributed by atoms with Crippen LogP contribution in [0, 0.1) is 5.82 Å². The number of rotatable bonds is 9. The molecule has 2 amide bonds. The largest absolute Gasteiger partial charge is 0.496 e. The number of nitrogens with one attached hydrogen (secondary N) is 2. The van der Waals surface area contributed by atoms with Gasteiger partial charge < -0.3 is 19.9 Å². The zero-order valence-electron chi connectivity index (χ0n) is 22.6. The first-order valence-electron chi connectivity index (χ1n) is 13.8. The fourth-order valence-corrected chi connectivity index (χ4v) is 5.40. The Labute approximate surface area is 234 Å². The van der Waals surface area contributed by atoms with Gasteiger partial charge in [0, 0.05) is 17.3 Å². The Morgan fingerprint density at radius 3 is 2.35 bits per heavy atom. The lowest BCUT2D eigenvalue weighted by atomic mass is 9.94. The van der Waals surface area contributed by atoms with Gasteiger partial charge in [-0.3, -0.25) is 9.59 Å². The van der Waals surface area contributed by atoms with E-state index in [1.165, 1.54) is 12.1 Å². The maximum atomic E-state index is 14.3. The van der Waals surface area contributed by atoms with E-state index < -0.39 is 11.9 Å². The minimum Gasteiger partial charge on any atom is -0.496 e. The normalized spacial score (nSPS) is 14.3. The van der Waals surface area contributed by atoms with Gasteiger partial charge in [0.05, 0.1) is 13.7 Å². The SMILES string of the molecule is COc1ccccc1CN(C(=O)c1ccc(-c2ccccc2)[nH]1)C(C(=O)NC1CCCCC1)c1ccc(F)cc1. The van der Waals surface area contributed by atoms with Gasteiger partial charge >= 0.3 is 0 Å². The van der Waals surface area contributed by atoms with Gasteiger partial charge in [0.25, 0.3) is 5.91 Å². The van der Waals surface area contributed by atoms with E-state index in [2.05, 4.69) is 10.3 Å². The summed E-state index contributed by atoms with van der Waals surface area (Å²) in [6, 6.07) is 25.6.